The molecule has 0 aliphatic rings. The molecule has 1 rings (SSSR count). The van der Waals surface area contributed by atoms with E-state index in [1.165, 1.54) is 4.80 Å². The summed E-state index contributed by atoms with van der Waals surface area (Å²) in [5, 5.41) is 14.5. The lowest BCUT2D eigenvalue weighted by molar-refractivity contribution is -0.121. The van der Waals surface area contributed by atoms with Crippen molar-refractivity contribution in [2.45, 2.75) is 26.4 Å². The molecule has 0 fully saturated rings. The monoisotopic (exact) mass is 212 g/mol. The second kappa shape index (κ2) is 4.83. The van der Waals surface area contributed by atoms with Crippen molar-refractivity contribution < 1.29 is 4.79 Å². The van der Waals surface area contributed by atoms with Gasteiger partial charge in [-0.1, -0.05) is 13.8 Å². The number of carbonyl (C=O) groups excluding carboxylic acids is 1. The van der Waals surface area contributed by atoms with Crippen LogP contribution in [0.3, 0.4) is 0 Å². The van der Waals surface area contributed by atoms with Crippen LogP contribution < -0.4 is 11.1 Å². The molecule has 0 spiro atoms. The van der Waals surface area contributed by atoms with Crippen LogP contribution in [0.1, 0.15) is 19.7 Å². The van der Waals surface area contributed by atoms with Gasteiger partial charge in [0.2, 0.25) is 5.91 Å². The summed E-state index contributed by atoms with van der Waals surface area (Å²) in [6, 6.07) is -0.367. The zero-order valence-corrected chi connectivity index (χ0v) is 9.14. The van der Waals surface area contributed by atoms with E-state index in [1.807, 2.05) is 13.8 Å². The maximum atomic E-state index is 11.1. The topological polar surface area (TPSA) is 98.7 Å². The number of tetrazole rings is 1. The van der Waals surface area contributed by atoms with Crippen molar-refractivity contribution in [1.82, 2.24) is 25.5 Å². The van der Waals surface area contributed by atoms with E-state index < -0.39 is 0 Å². The average molecular weight is 212 g/mol. The number of hydrogen-bond acceptors (Lipinski definition) is 5. The van der Waals surface area contributed by atoms with Gasteiger partial charge >= 0.3 is 0 Å². The zero-order chi connectivity index (χ0) is 11.4. The molecule has 1 aromatic heterocycles. The number of amides is 1. The van der Waals surface area contributed by atoms with Gasteiger partial charge in [0.1, 0.15) is 0 Å². The van der Waals surface area contributed by atoms with Gasteiger partial charge in [0.25, 0.3) is 0 Å². The highest BCUT2D eigenvalue weighted by atomic mass is 16.1. The fourth-order valence-corrected chi connectivity index (χ4v) is 1.26. The molecule has 1 atom stereocenters. The Kier molecular flexibility index (Phi) is 3.73. The third-order valence-corrected chi connectivity index (χ3v) is 2.00. The summed E-state index contributed by atoms with van der Waals surface area (Å²) in [5.41, 5.74) is 5.24. The van der Waals surface area contributed by atoms with Crippen LogP contribution >= 0.6 is 0 Å². The van der Waals surface area contributed by atoms with E-state index in [-0.39, 0.29) is 17.9 Å². The number of primary amides is 1. The summed E-state index contributed by atoms with van der Waals surface area (Å²) >= 11 is 0. The third-order valence-electron chi connectivity index (χ3n) is 2.00. The van der Waals surface area contributed by atoms with Gasteiger partial charge in [-0.05, 0) is 11.1 Å². The molecule has 0 aromatic carbocycles. The Hall–Kier alpha value is -1.50. The molecule has 0 saturated heterocycles. The van der Waals surface area contributed by atoms with E-state index in [4.69, 9.17) is 5.73 Å². The molecular weight excluding hydrogens is 196 g/mol. The van der Waals surface area contributed by atoms with Gasteiger partial charge in [-0.15, -0.1) is 10.2 Å². The van der Waals surface area contributed by atoms with Crippen molar-refractivity contribution in [3.8, 4) is 0 Å². The lowest BCUT2D eigenvalue weighted by Crippen LogP contribution is -2.44. The molecule has 1 heterocycles. The summed E-state index contributed by atoms with van der Waals surface area (Å²) in [5.74, 6) is 0.317. The first-order chi connectivity index (χ1) is 7.00. The Morgan fingerprint density at radius 1 is 1.60 bits per heavy atom. The largest absolute Gasteiger partial charge is 0.368 e. The summed E-state index contributed by atoms with van der Waals surface area (Å²) in [7, 11) is 1.69. The standard InChI is InChI=1S/C8H16N6O/c1-5(2)7(8(9)15)10-4-6-11-13-14(3)12-6/h5,7,10H,4H2,1-3H3,(H2,9,15). The Bertz CT molecular complexity index is 334. The van der Waals surface area contributed by atoms with Crippen molar-refractivity contribution in [2.24, 2.45) is 18.7 Å². The molecular formula is C8H16N6O. The van der Waals surface area contributed by atoms with Crippen LogP contribution in [-0.4, -0.2) is 32.2 Å². The number of aromatic nitrogens is 4. The highest BCUT2D eigenvalue weighted by Gasteiger charge is 2.19. The first-order valence-corrected chi connectivity index (χ1v) is 4.76. The molecule has 0 saturated carbocycles. The number of hydrogen-bond donors (Lipinski definition) is 2. The number of nitrogens with two attached hydrogens (primary N) is 1. The van der Waals surface area contributed by atoms with E-state index in [2.05, 4.69) is 20.7 Å². The number of nitrogens with one attached hydrogen (secondary N) is 1. The van der Waals surface area contributed by atoms with E-state index in [1.54, 1.807) is 7.05 Å². The number of rotatable bonds is 5. The Morgan fingerprint density at radius 2 is 2.27 bits per heavy atom. The van der Waals surface area contributed by atoms with Crippen LogP contribution in [0.5, 0.6) is 0 Å². The molecule has 1 aromatic rings. The van der Waals surface area contributed by atoms with Crippen molar-refractivity contribution in [1.29, 1.82) is 0 Å². The minimum absolute atomic E-state index is 0.138. The molecule has 0 aliphatic carbocycles. The second-order valence-corrected chi connectivity index (χ2v) is 3.70. The lowest BCUT2D eigenvalue weighted by Gasteiger charge is -2.17. The van der Waals surface area contributed by atoms with E-state index in [0.29, 0.717) is 12.4 Å². The van der Waals surface area contributed by atoms with Crippen molar-refractivity contribution in [3.05, 3.63) is 5.82 Å². The maximum Gasteiger partial charge on any atom is 0.234 e. The summed E-state index contributed by atoms with van der Waals surface area (Å²) in [6.45, 7) is 4.23. The molecule has 3 N–H and O–H groups in total. The van der Waals surface area contributed by atoms with Crippen LogP contribution in [-0.2, 0) is 18.4 Å². The van der Waals surface area contributed by atoms with Gasteiger partial charge in [0.05, 0.1) is 19.6 Å². The predicted molar refractivity (Wildman–Crippen MR) is 53.5 cm³/mol. The van der Waals surface area contributed by atoms with Crippen LogP contribution in [0.4, 0.5) is 0 Å². The summed E-state index contributed by atoms with van der Waals surface area (Å²) < 4.78 is 0. The van der Waals surface area contributed by atoms with Gasteiger partial charge in [-0.3, -0.25) is 10.1 Å². The average Bonchev–Trinajstić information content (AvgIpc) is 2.50. The normalized spacial score (nSPS) is 13.1. The maximum absolute atomic E-state index is 11.1. The van der Waals surface area contributed by atoms with E-state index >= 15 is 0 Å². The summed E-state index contributed by atoms with van der Waals surface area (Å²) in [4.78, 5) is 12.4. The molecule has 7 heteroatoms. The Labute approximate surface area is 88.0 Å². The van der Waals surface area contributed by atoms with Crippen molar-refractivity contribution in [2.75, 3.05) is 0 Å². The fraction of sp³-hybridized carbons (Fsp3) is 0.750. The van der Waals surface area contributed by atoms with E-state index in [9.17, 15) is 4.79 Å². The Morgan fingerprint density at radius 3 is 2.67 bits per heavy atom. The second-order valence-electron chi connectivity index (χ2n) is 3.70. The SMILES string of the molecule is CC(C)C(NCc1nnn(C)n1)C(N)=O. The minimum Gasteiger partial charge on any atom is -0.368 e. The Balaban J connectivity index is 2.50. The molecule has 0 aliphatic heterocycles. The molecule has 7 nitrogen and oxygen atoms in total. The van der Waals surface area contributed by atoms with Gasteiger partial charge in [0.15, 0.2) is 5.82 Å². The number of nitrogens with zero attached hydrogens (tertiary/aromatic N) is 4. The minimum atomic E-state index is -0.367. The molecule has 0 bridgehead atoms. The van der Waals surface area contributed by atoms with Crippen molar-refractivity contribution in [3.63, 3.8) is 0 Å². The predicted octanol–water partition coefficient (Wildman–Crippen LogP) is -1.19. The number of carbonyl (C=O) groups is 1. The molecule has 0 radical (unpaired) electrons. The first kappa shape index (κ1) is 11.6. The van der Waals surface area contributed by atoms with Gasteiger partial charge in [-0.2, -0.15) is 4.80 Å². The first-order valence-electron chi connectivity index (χ1n) is 4.76. The van der Waals surface area contributed by atoms with E-state index in [0.717, 1.165) is 0 Å². The summed E-state index contributed by atoms with van der Waals surface area (Å²) in [6.07, 6.45) is 0. The quantitative estimate of drug-likeness (QED) is 0.639. The van der Waals surface area contributed by atoms with Crippen LogP contribution in [0, 0.1) is 5.92 Å². The molecule has 1 unspecified atom stereocenters. The molecule has 15 heavy (non-hydrogen) atoms. The fourth-order valence-electron chi connectivity index (χ4n) is 1.26. The van der Waals surface area contributed by atoms with Gasteiger partial charge in [-0.25, -0.2) is 0 Å². The number of aryl methyl sites for hydroxylation is 1. The molecule has 1 amide bonds. The smallest absolute Gasteiger partial charge is 0.234 e. The van der Waals surface area contributed by atoms with Crippen LogP contribution in [0.25, 0.3) is 0 Å². The lowest BCUT2D eigenvalue weighted by atomic mass is 10.0. The highest BCUT2D eigenvalue weighted by molar-refractivity contribution is 5.80. The highest BCUT2D eigenvalue weighted by Crippen LogP contribution is 2.01. The van der Waals surface area contributed by atoms with Crippen LogP contribution in [0.15, 0.2) is 0 Å². The van der Waals surface area contributed by atoms with Crippen LogP contribution in [0.2, 0.25) is 0 Å². The van der Waals surface area contributed by atoms with Gasteiger partial charge in [0, 0.05) is 0 Å². The third kappa shape index (κ3) is 3.28. The molecule has 84 valence electrons. The van der Waals surface area contributed by atoms with Crippen molar-refractivity contribution >= 4 is 5.91 Å². The van der Waals surface area contributed by atoms with Gasteiger partial charge < -0.3 is 5.73 Å². The zero-order valence-electron chi connectivity index (χ0n) is 9.14.